The van der Waals surface area contributed by atoms with Gasteiger partial charge in [-0.3, -0.25) is 14.9 Å². The number of nitro benzene ring substituents is 1. The quantitative estimate of drug-likeness (QED) is 0.198. The molecule has 4 rings (SSSR count). The Morgan fingerprint density at radius 1 is 1.09 bits per heavy atom. The van der Waals surface area contributed by atoms with Crippen molar-refractivity contribution in [2.75, 3.05) is 57.7 Å². The van der Waals surface area contributed by atoms with Gasteiger partial charge in [0.25, 0.3) is 5.69 Å². The van der Waals surface area contributed by atoms with E-state index in [1.807, 2.05) is 19.1 Å². The van der Waals surface area contributed by atoms with Gasteiger partial charge in [0.05, 0.1) is 10.3 Å². The smallest absolute Gasteiger partial charge is 0.293 e. The molecule has 0 atom stereocenters. The molecule has 0 bridgehead atoms. The molecule has 0 radical (unpaired) electrons. The summed E-state index contributed by atoms with van der Waals surface area (Å²) in [5.41, 5.74) is 7.78. The summed E-state index contributed by atoms with van der Waals surface area (Å²) in [5, 5.41) is 15.8. The number of aromatic amines is 1. The highest BCUT2D eigenvalue weighted by atomic mass is 16.6. The zero-order valence-electron chi connectivity index (χ0n) is 19.1. The summed E-state index contributed by atoms with van der Waals surface area (Å²) in [4.78, 5) is 32.5. The van der Waals surface area contributed by atoms with Crippen LogP contribution in [0.25, 0.3) is 21.8 Å². The van der Waals surface area contributed by atoms with E-state index in [2.05, 4.69) is 20.1 Å². The number of nitrogens with two attached hydrogens (primary N) is 1. The number of H-pyrrole nitrogens is 1. The van der Waals surface area contributed by atoms with Crippen LogP contribution in [0.15, 0.2) is 35.1 Å². The van der Waals surface area contributed by atoms with E-state index in [1.165, 1.54) is 6.07 Å². The normalized spacial score (nSPS) is 15.3. The molecule has 0 spiro atoms. The van der Waals surface area contributed by atoms with Gasteiger partial charge < -0.3 is 25.8 Å². The number of nitrogens with zero attached hydrogens (tertiary/aromatic N) is 3. The summed E-state index contributed by atoms with van der Waals surface area (Å²) in [6.07, 6.45) is 1.97. The summed E-state index contributed by atoms with van der Waals surface area (Å²) < 4.78 is 0. The van der Waals surface area contributed by atoms with Crippen molar-refractivity contribution in [2.45, 2.75) is 19.8 Å². The number of hydrogen-bond acceptors (Lipinski definition) is 7. The molecule has 9 nitrogen and oxygen atoms in total. The minimum absolute atomic E-state index is 0.0948. The Morgan fingerprint density at radius 3 is 2.45 bits per heavy atom. The van der Waals surface area contributed by atoms with Crippen LogP contribution in [0.4, 0.5) is 11.4 Å². The van der Waals surface area contributed by atoms with E-state index in [9.17, 15) is 14.9 Å². The molecule has 176 valence electrons. The van der Waals surface area contributed by atoms with E-state index in [0.29, 0.717) is 28.5 Å². The third-order valence-electron chi connectivity index (χ3n) is 6.40. The summed E-state index contributed by atoms with van der Waals surface area (Å²) in [6.45, 7) is 9.64. The lowest BCUT2D eigenvalue weighted by Crippen LogP contribution is -2.47. The number of non-ortho nitro benzene ring substituents is 1. The number of piperazine rings is 1. The molecule has 4 N–H and O–H groups in total. The Hall–Kier alpha value is -3.01. The van der Waals surface area contributed by atoms with Gasteiger partial charge in [0.2, 0.25) is 0 Å². The summed E-state index contributed by atoms with van der Waals surface area (Å²) in [7, 11) is 0. The van der Waals surface area contributed by atoms with Crippen LogP contribution in [-0.2, 0) is 0 Å². The fourth-order valence-electron chi connectivity index (χ4n) is 4.55. The highest BCUT2D eigenvalue weighted by molar-refractivity contribution is 6.03. The van der Waals surface area contributed by atoms with Crippen LogP contribution in [0.5, 0.6) is 0 Å². The molecule has 9 heteroatoms. The second-order valence-electron chi connectivity index (χ2n) is 8.75. The molecule has 1 aliphatic rings. The topological polar surface area (TPSA) is 121 Å². The minimum Gasteiger partial charge on any atom is -0.384 e. The molecule has 0 aliphatic carbocycles. The van der Waals surface area contributed by atoms with Gasteiger partial charge in [-0.1, -0.05) is 11.6 Å². The lowest BCUT2D eigenvalue weighted by atomic mass is 10.1. The molecule has 0 unspecified atom stereocenters. The predicted molar refractivity (Wildman–Crippen MR) is 133 cm³/mol. The second-order valence-corrected chi connectivity index (χ2v) is 8.75. The minimum atomic E-state index is -0.449. The number of nitro groups is 1. The number of pyridine rings is 1. The van der Waals surface area contributed by atoms with Gasteiger partial charge in [0.1, 0.15) is 5.52 Å². The van der Waals surface area contributed by atoms with E-state index >= 15 is 0 Å². The standard InChI is InChI=1S/C24H32N6O3/c1-17-4-5-19-18(16-17)24(31)22-20(6-7-21(30(32)33)23(22)27-19)26-9-3-11-29-14-12-28(13-15-29)10-2-8-25/h4-7,16,26H,2-3,8-15,25H2,1H3,(H,27,31). The maximum atomic E-state index is 13.3. The van der Waals surface area contributed by atoms with Crippen LogP contribution in [-0.4, -0.2) is 72.1 Å². The third kappa shape index (κ3) is 5.16. The van der Waals surface area contributed by atoms with Crippen LogP contribution < -0.4 is 16.5 Å². The molecule has 2 heterocycles. The lowest BCUT2D eigenvalue weighted by Gasteiger charge is -2.34. The number of benzene rings is 2. The summed E-state index contributed by atoms with van der Waals surface area (Å²) in [5.74, 6) is 0. The Labute approximate surface area is 192 Å². The Balaban J connectivity index is 1.47. The van der Waals surface area contributed by atoms with Crippen LogP contribution in [0.1, 0.15) is 18.4 Å². The highest BCUT2D eigenvalue weighted by Gasteiger charge is 2.20. The van der Waals surface area contributed by atoms with E-state index in [-0.39, 0.29) is 16.6 Å². The SMILES string of the molecule is Cc1ccc2[nH]c3c([N+](=O)[O-])ccc(NCCCN4CCN(CCCN)CC4)c3c(=O)c2c1. The molecule has 3 aromatic rings. The van der Waals surface area contributed by atoms with Crippen molar-refractivity contribution in [3.63, 3.8) is 0 Å². The molecular weight excluding hydrogens is 420 g/mol. The van der Waals surface area contributed by atoms with Crippen molar-refractivity contribution in [3.05, 3.63) is 56.2 Å². The van der Waals surface area contributed by atoms with Gasteiger partial charge in [0, 0.05) is 55.4 Å². The number of aryl methyl sites for hydroxylation is 1. The highest BCUT2D eigenvalue weighted by Crippen LogP contribution is 2.30. The fourth-order valence-corrected chi connectivity index (χ4v) is 4.55. The first-order valence-corrected chi connectivity index (χ1v) is 11.6. The fraction of sp³-hybridized carbons (Fsp3) is 0.458. The monoisotopic (exact) mass is 452 g/mol. The first-order chi connectivity index (χ1) is 16.0. The van der Waals surface area contributed by atoms with Gasteiger partial charge in [-0.2, -0.15) is 0 Å². The Morgan fingerprint density at radius 2 is 1.79 bits per heavy atom. The van der Waals surface area contributed by atoms with Crippen molar-refractivity contribution in [1.29, 1.82) is 0 Å². The average Bonchev–Trinajstić information content (AvgIpc) is 2.81. The van der Waals surface area contributed by atoms with Gasteiger partial charge >= 0.3 is 0 Å². The van der Waals surface area contributed by atoms with E-state index in [0.717, 1.165) is 64.2 Å². The van der Waals surface area contributed by atoms with Gasteiger partial charge in [-0.15, -0.1) is 0 Å². The predicted octanol–water partition coefficient (Wildman–Crippen LogP) is 2.67. The van der Waals surface area contributed by atoms with Gasteiger partial charge in [-0.25, -0.2) is 0 Å². The largest absolute Gasteiger partial charge is 0.384 e. The lowest BCUT2D eigenvalue weighted by molar-refractivity contribution is -0.383. The maximum absolute atomic E-state index is 13.3. The van der Waals surface area contributed by atoms with E-state index in [1.54, 1.807) is 12.1 Å². The van der Waals surface area contributed by atoms with Gasteiger partial charge in [0.15, 0.2) is 5.43 Å². The molecule has 1 fully saturated rings. The Bertz CT molecular complexity index is 1200. The molecule has 2 aromatic carbocycles. The number of nitrogens with one attached hydrogen (secondary N) is 2. The zero-order chi connectivity index (χ0) is 23.4. The van der Waals surface area contributed by atoms with E-state index in [4.69, 9.17) is 5.73 Å². The first kappa shape index (κ1) is 23.2. The number of hydrogen-bond donors (Lipinski definition) is 3. The third-order valence-corrected chi connectivity index (χ3v) is 6.40. The molecule has 0 amide bonds. The average molecular weight is 453 g/mol. The summed E-state index contributed by atoms with van der Waals surface area (Å²) in [6, 6.07) is 8.61. The number of aromatic nitrogens is 1. The second kappa shape index (κ2) is 10.3. The van der Waals surface area contributed by atoms with Crippen molar-refractivity contribution in [1.82, 2.24) is 14.8 Å². The zero-order valence-corrected chi connectivity index (χ0v) is 19.1. The number of fused-ring (bicyclic) bond motifs is 2. The van der Waals surface area contributed by atoms with Crippen molar-refractivity contribution in [3.8, 4) is 0 Å². The van der Waals surface area contributed by atoms with Crippen LogP contribution in [0.2, 0.25) is 0 Å². The molecule has 1 aromatic heterocycles. The summed E-state index contributed by atoms with van der Waals surface area (Å²) >= 11 is 0. The number of rotatable bonds is 9. The Kier molecular flexibility index (Phi) is 7.22. The van der Waals surface area contributed by atoms with Crippen molar-refractivity contribution >= 4 is 33.2 Å². The first-order valence-electron chi connectivity index (χ1n) is 11.6. The van der Waals surface area contributed by atoms with Crippen molar-refractivity contribution in [2.24, 2.45) is 5.73 Å². The number of anilines is 1. The van der Waals surface area contributed by atoms with Crippen LogP contribution in [0, 0.1) is 17.0 Å². The molecule has 0 saturated carbocycles. The van der Waals surface area contributed by atoms with Crippen molar-refractivity contribution < 1.29 is 4.92 Å². The maximum Gasteiger partial charge on any atom is 0.293 e. The molecule has 1 saturated heterocycles. The molecular formula is C24H32N6O3. The van der Waals surface area contributed by atoms with Crippen LogP contribution in [0.3, 0.4) is 0 Å². The van der Waals surface area contributed by atoms with Gasteiger partial charge in [-0.05, 0) is 57.6 Å². The molecule has 33 heavy (non-hydrogen) atoms. The van der Waals surface area contributed by atoms with Crippen LogP contribution >= 0.6 is 0 Å². The van der Waals surface area contributed by atoms with E-state index < -0.39 is 4.92 Å². The molecule has 1 aliphatic heterocycles.